The molecule has 2 unspecified atom stereocenters. The molecule has 112 valence electrons. The molecular weight excluding hydrogens is 278 g/mol. The molecule has 0 bridgehead atoms. The van der Waals surface area contributed by atoms with Crippen LogP contribution in [0.25, 0.3) is 0 Å². The maximum Gasteiger partial charge on any atom is 0.0486 e. The molecule has 2 atom stereocenters. The molecule has 0 spiro atoms. The fourth-order valence-electron chi connectivity index (χ4n) is 2.61. The molecule has 2 aromatic rings. The third kappa shape index (κ3) is 4.80. The molecule has 0 aliphatic heterocycles. The number of hydrogen-bond acceptors (Lipinski definition) is 2. The summed E-state index contributed by atoms with van der Waals surface area (Å²) in [4.78, 5) is 0. The van der Waals surface area contributed by atoms with Crippen molar-refractivity contribution < 1.29 is 4.21 Å². The van der Waals surface area contributed by atoms with E-state index in [2.05, 4.69) is 49.5 Å². The predicted molar refractivity (Wildman–Crippen MR) is 90.9 cm³/mol. The lowest BCUT2D eigenvalue weighted by Crippen LogP contribution is -2.23. The van der Waals surface area contributed by atoms with Gasteiger partial charge in [0.2, 0.25) is 0 Å². The SMILES string of the molecule is CNC(CS(=O)Cc1cc(C)cc(C)c1)c1ccccc1. The van der Waals surface area contributed by atoms with Gasteiger partial charge in [-0.05, 0) is 32.0 Å². The van der Waals surface area contributed by atoms with Gasteiger partial charge in [-0.15, -0.1) is 0 Å². The van der Waals surface area contributed by atoms with Crippen molar-refractivity contribution in [1.29, 1.82) is 0 Å². The fraction of sp³-hybridized carbons (Fsp3) is 0.333. The van der Waals surface area contributed by atoms with Crippen molar-refractivity contribution in [3.8, 4) is 0 Å². The van der Waals surface area contributed by atoms with Crippen LogP contribution in [0.2, 0.25) is 0 Å². The summed E-state index contributed by atoms with van der Waals surface area (Å²) in [5, 5.41) is 3.26. The minimum absolute atomic E-state index is 0.137. The van der Waals surface area contributed by atoms with Gasteiger partial charge in [0.25, 0.3) is 0 Å². The van der Waals surface area contributed by atoms with Crippen molar-refractivity contribution in [3.05, 3.63) is 70.8 Å². The van der Waals surface area contributed by atoms with Gasteiger partial charge in [0, 0.05) is 28.3 Å². The Hall–Kier alpha value is -1.45. The van der Waals surface area contributed by atoms with Crippen molar-refractivity contribution >= 4 is 10.8 Å². The van der Waals surface area contributed by atoms with Gasteiger partial charge in [0.05, 0.1) is 0 Å². The molecule has 0 saturated carbocycles. The maximum absolute atomic E-state index is 12.4. The average molecular weight is 301 g/mol. The number of nitrogens with one attached hydrogen (secondary N) is 1. The maximum atomic E-state index is 12.4. The van der Waals surface area contributed by atoms with E-state index in [-0.39, 0.29) is 6.04 Å². The summed E-state index contributed by atoms with van der Waals surface area (Å²) in [7, 11) is 1.04. The van der Waals surface area contributed by atoms with Crippen molar-refractivity contribution in [2.75, 3.05) is 12.8 Å². The molecule has 0 saturated heterocycles. The lowest BCUT2D eigenvalue weighted by atomic mass is 10.1. The number of hydrogen-bond donors (Lipinski definition) is 1. The summed E-state index contributed by atoms with van der Waals surface area (Å²) < 4.78 is 12.4. The first-order chi connectivity index (χ1) is 10.1. The van der Waals surface area contributed by atoms with Gasteiger partial charge >= 0.3 is 0 Å². The molecule has 0 aliphatic carbocycles. The van der Waals surface area contributed by atoms with E-state index in [0.717, 1.165) is 5.56 Å². The summed E-state index contributed by atoms with van der Waals surface area (Å²) in [6.45, 7) is 4.17. The molecule has 3 heteroatoms. The third-order valence-corrected chi connectivity index (χ3v) is 4.87. The van der Waals surface area contributed by atoms with Crippen LogP contribution in [0.5, 0.6) is 0 Å². The average Bonchev–Trinajstić information content (AvgIpc) is 2.44. The van der Waals surface area contributed by atoms with Gasteiger partial charge in [0.1, 0.15) is 0 Å². The second-order valence-electron chi connectivity index (χ2n) is 5.50. The molecule has 0 aromatic heterocycles. The van der Waals surface area contributed by atoms with Crippen LogP contribution in [-0.2, 0) is 16.6 Å². The van der Waals surface area contributed by atoms with Crippen LogP contribution in [0, 0.1) is 13.8 Å². The van der Waals surface area contributed by atoms with E-state index in [1.165, 1.54) is 16.7 Å². The zero-order valence-corrected chi connectivity index (χ0v) is 13.7. The summed E-state index contributed by atoms with van der Waals surface area (Å²) in [6, 6.07) is 16.7. The van der Waals surface area contributed by atoms with Gasteiger partial charge in [-0.1, -0.05) is 59.7 Å². The first-order valence-electron chi connectivity index (χ1n) is 7.23. The molecule has 0 radical (unpaired) electrons. The minimum atomic E-state index is -0.880. The van der Waals surface area contributed by atoms with Crippen LogP contribution < -0.4 is 5.32 Å². The standard InChI is InChI=1S/C18H23NOS/c1-14-9-15(2)11-16(10-14)12-21(20)13-18(19-3)17-7-5-4-6-8-17/h4-11,18-19H,12-13H2,1-3H3. The highest BCUT2D eigenvalue weighted by Gasteiger charge is 2.13. The van der Waals surface area contributed by atoms with Crippen LogP contribution in [0.1, 0.15) is 28.3 Å². The Bertz CT molecular complexity index is 590. The minimum Gasteiger partial charge on any atom is -0.312 e. The first-order valence-corrected chi connectivity index (χ1v) is 8.71. The summed E-state index contributed by atoms with van der Waals surface area (Å²) >= 11 is 0. The highest BCUT2D eigenvalue weighted by Crippen LogP contribution is 2.16. The Morgan fingerprint density at radius 2 is 1.67 bits per heavy atom. The molecule has 2 aromatic carbocycles. The molecule has 0 heterocycles. The van der Waals surface area contributed by atoms with Gasteiger partial charge in [-0.3, -0.25) is 4.21 Å². The van der Waals surface area contributed by atoms with Crippen LogP contribution in [-0.4, -0.2) is 17.0 Å². The van der Waals surface area contributed by atoms with E-state index in [1.807, 2.05) is 25.2 Å². The van der Waals surface area contributed by atoms with Crippen LogP contribution in [0.15, 0.2) is 48.5 Å². The quantitative estimate of drug-likeness (QED) is 0.884. The van der Waals surface area contributed by atoms with E-state index in [4.69, 9.17) is 0 Å². The zero-order chi connectivity index (χ0) is 15.2. The summed E-state index contributed by atoms with van der Waals surface area (Å²) in [6.07, 6.45) is 0. The molecule has 0 amide bonds. The molecular formula is C18H23NOS. The van der Waals surface area contributed by atoms with Gasteiger partial charge in [-0.2, -0.15) is 0 Å². The smallest absolute Gasteiger partial charge is 0.0486 e. The van der Waals surface area contributed by atoms with E-state index in [9.17, 15) is 4.21 Å². The highest BCUT2D eigenvalue weighted by atomic mass is 32.2. The lowest BCUT2D eigenvalue weighted by molar-refractivity contribution is 0.635. The second kappa shape index (κ2) is 7.53. The Kier molecular flexibility index (Phi) is 5.71. The van der Waals surface area contributed by atoms with E-state index in [1.54, 1.807) is 0 Å². The monoisotopic (exact) mass is 301 g/mol. The van der Waals surface area contributed by atoms with E-state index < -0.39 is 10.8 Å². The van der Waals surface area contributed by atoms with E-state index >= 15 is 0 Å². The third-order valence-electron chi connectivity index (χ3n) is 3.51. The molecule has 21 heavy (non-hydrogen) atoms. The molecule has 2 rings (SSSR count). The number of benzene rings is 2. The zero-order valence-electron chi connectivity index (χ0n) is 12.9. The summed E-state index contributed by atoms with van der Waals surface area (Å²) in [5.74, 6) is 1.25. The van der Waals surface area contributed by atoms with Gasteiger partial charge in [-0.25, -0.2) is 0 Å². The molecule has 2 nitrogen and oxygen atoms in total. The Morgan fingerprint density at radius 3 is 2.24 bits per heavy atom. The molecule has 0 aliphatic rings. The van der Waals surface area contributed by atoms with Crippen molar-refractivity contribution in [1.82, 2.24) is 5.32 Å². The number of aryl methyl sites for hydroxylation is 2. The van der Waals surface area contributed by atoms with Crippen LogP contribution in [0.3, 0.4) is 0 Å². The largest absolute Gasteiger partial charge is 0.312 e. The normalized spacial score (nSPS) is 13.9. The summed E-state index contributed by atoms with van der Waals surface area (Å²) in [5.41, 5.74) is 4.81. The first kappa shape index (κ1) is 15.9. The molecule has 0 fully saturated rings. The van der Waals surface area contributed by atoms with Gasteiger partial charge < -0.3 is 5.32 Å². The second-order valence-corrected chi connectivity index (χ2v) is 7.00. The lowest BCUT2D eigenvalue weighted by Gasteiger charge is -2.16. The van der Waals surface area contributed by atoms with Crippen molar-refractivity contribution in [3.63, 3.8) is 0 Å². The fourth-order valence-corrected chi connectivity index (χ4v) is 4.00. The van der Waals surface area contributed by atoms with Crippen molar-refractivity contribution in [2.24, 2.45) is 0 Å². The predicted octanol–water partition coefficient (Wildman–Crippen LogP) is 3.51. The highest BCUT2D eigenvalue weighted by molar-refractivity contribution is 7.84. The Morgan fingerprint density at radius 1 is 1.05 bits per heavy atom. The Labute approximate surface area is 130 Å². The van der Waals surface area contributed by atoms with Crippen molar-refractivity contribution in [2.45, 2.75) is 25.6 Å². The number of rotatable bonds is 6. The topological polar surface area (TPSA) is 29.1 Å². The van der Waals surface area contributed by atoms with Crippen LogP contribution in [0.4, 0.5) is 0 Å². The van der Waals surface area contributed by atoms with Gasteiger partial charge in [0.15, 0.2) is 0 Å². The van der Waals surface area contributed by atoms with E-state index in [0.29, 0.717) is 11.5 Å². The molecule has 1 N–H and O–H groups in total. The Balaban J connectivity index is 2.03. The van der Waals surface area contributed by atoms with Crippen LogP contribution >= 0.6 is 0 Å².